The van der Waals surface area contributed by atoms with Gasteiger partial charge in [-0.2, -0.15) is 0 Å². The number of carbonyl (C=O) groups is 2. The summed E-state index contributed by atoms with van der Waals surface area (Å²) in [7, 11) is 1.42. The first-order valence-corrected chi connectivity index (χ1v) is 5.42. The smallest absolute Gasteiger partial charge is 0.323 e. The molecule has 6 nitrogen and oxygen atoms in total. The predicted octanol–water partition coefficient (Wildman–Crippen LogP) is 0.0159. The minimum absolute atomic E-state index is 0.252. The molecule has 6 heteroatoms. The molecule has 2 unspecified atom stereocenters. The Bertz CT molecular complexity index is 270. The monoisotopic (exact) mass is 230 g/mol. The average Bonchev–Trinajstić information content (AvgIpc) is 2.20. The molecule has 0 aliphatic heterocycles. The predicted molar refractivity (Wildman–Crippen MR) is 57.1 cm³/mol. The first-order chi connectivity index (χ1) is 7.50. The second-order valence-corrected chi connectivity index (χ2v) is 4.16. The zero-order valence-corrected chi connectivity index (χ0v) is 9.35. The number of aliphatic hydroxyl groups excluding tert-OH is 1. The number of carbonyl (C=O) groups excluding carboxylic acids is 1. The van der Waals surface area contributed by atoms with E-state index in [1.54, 1.807) is 0 Å². The maximum Gasteiger partial charge on any atom is 0.323 e. The molecule has 16 heavy (non-hydrogen) atoms. The summed E-state index contributed by atoms with van der Waals surface area (Å²) in [5, 5.41) is 20.8. The average molecular weight is 230 g/mol. The molecule has 0 aromatic heterocycles. The maximum absolute atomic E-state index is 11.5. The highest BCUT2D eigenvalue weighted by Gasteiger charge is 2.25. The van der Waals surface area contributed by atoms with Crippen molar-refractivity contribution in [3.8, 4) is 0 Å². The quantitative estimate of drug-likeness (QED) is 0.637. The zero-order chi connectivity index (χ0) is 12.1. The number of hydrogen-bond acceptors (Lipinski definition) is 3. The number of hydrogen-bond donors (Lipinski definition) is 3. The number of likely N-dealkylation sites (N-methyl/N-ethyl adjacent to an activating group) is 1. The first-order valence-electron chi connectivity index (χ1n) is 5.42. The number of carboxylic acid groups (broad SMARTS) is 1. The molecule has 1 aliphatic rings. The van der Waals surface area contributed by atoms with E-state index in [1.165, 1.54) is 7.05 Å². The van der Waals surface area contributed by atoms with Gasteiger partial charge in [0, 0.05) is 7.05 Å². The summed E-state index contributed by atoms with van der Waals surface area (Å²) in [6.07, 6.45) is 2.86. The van der Waals surface area contributed by atoms with Crippen molar-refractivity contribution in [2.24, 2.45) is 0 Å². The molecule has 2 amide bonds. The van der Waals surface area contributed by atoms with Crippen molar-refractivity contribution in [2.75, 3.05) is 13.6 Å². The van der Waals surface area contributed by atoms with Gasteiger partial charge >= 0.3 is 12.0 Å². The van der Waals surface area contributed by atoms with Crippen LogP contribution >= 0.6 is 0 Å². The van der Waals surface area contributed by atoms with Gasteiger partial charge in [-0.3, -0.25) is 4.79 Å². The molecule has 3 N–H and O–H groups in total. The fourth-order valence-electron chi connectivity index (χ4n) is 1.82. The van der Waals surface area contributed by atoms with E-state index in [9.17, 15) is 14.7 Å². The molecule has 0 heterocycles. The third-order valence-corrected chi connectivity index (χ3v) is 2.76. The number of nitrogens with zero attached hydrogens (tertiary/aromatic N) is 1. The van der Waals surface area contributed by atoms with Gasteiger partial charge in [-0.15, -0.1) is 0 Å². The van der Waals surface area contributed by atoms with E-state index in [2.05, 4.69) is 5.32 Å². The van der Waals surface area contributed by atoms with Gasteiger partial charge in [-0.25, -0.2) is 4.79 Å². The minimum Gasteiger partial charge on any atom is -0.480 e. The first kappa shape index (κ1) is 12.8. The molecule has 92 valence electrons. The summed E-state index contributed by atoms with van der Waals surface area (Å²) in [4.78, 5) is 23.0. The van der Waals surface area contributed by atoms with Crippen LogP contribution in [0.1, 0.15) is 25.7 Å². The van der Waals surface area contributed by atoms with E-state index >= 15 is 0 Å². The Morgan fingerprint density at radius 1 is 1.38 bits per heavy atom. The van der Waals surface area contributed by atoms with Gasteiger partial charge in [0.15, 0.2) is 0 Å². The summed E-state index contributed by atoms with van der Waals surface area (Å²) < 4.78 is 0. The standard InChI is InChI=1S/C10H18N2O4/c1-12(6-9(14)15)10(16)11-7-4-2-3-5-8(7)13/h7-8,13H,2-6H2,1H3,(H,11,16)(H,14,15). The number of nitrogens with one attached hydrogen (secondary N) is 1. The zero-order valence-electron chi connectivity index (χ0n) is 9.35. The Labute approximate surface area is 94.2 Å². The van der Waals surface area contributed by atoms with Gasteiger partial charge in [0.2, 0.25) is 0 Å². The van der Waals surface area contributed by atoms with Crippen LogP contribution in [-0.4, -0.2) is 52.9 Å². The Morgan fingerprint density at radius 2 is 2.00 bits per heavy atom. The van der Waals surface area contributed by atoms with Crippen LogP contribution in [0, 0.1) is 0 Å². The number of rotatable bonds is 3. The van der Waals surface area contributed by atoms with Crippen LogP contribution < -0.4 is 5.32 Å². The maximum atomic E-state index is 11.5. The summed E-state index contributed by atoms with van der Waals surface area (Å²) in [5.74, 6) is -1.05. The van der Waals surface area contributed by atoms with Crippen molar-refractivity contribution in [2.45, 2.75) is 37.8 Å². The minimum atomic E-state index is -1.05. The summed E-state index contributed by atoms with van der Waals surface area (Å²) in [6, 6.07) is -0.703. The van der Waals surface area contributed by atoms with Gasteiger partial charge in [0.05, 0.1) is 12.1 Å². The molecular formula is C10H18N2O4. The van der Waals surface area contributed by atoms with E-state index in [0.717, 1.165) is 24.2 Å². The van der Waals surface area contributed by atoms with Crippen molar-refractivity contribution in [3.63, 3.8) is 0 Å². The molecule has 0 bridgehead atoms. The molecule has 0 spiro atoms. The highest BCUT2D eigenvalue weighted by molar-refractivity contribution is 5.80. The number of aliphatic hydroxyl groups is 1. The van der Waals surface area contributed by atoms with Gasteiger partial charge in [0.1, 0.15) is 6.54 Å². The van der Waals surface area contributed by atoms with Crippen LogP contribution in [0.15, 0.2) is 0 Å². The molecular weight excluding hydrogens is 212 g/mol. The van der Waals surface area contributed by atoms with Crippen LogP contribution in [-0.2, 0) is 4.79 Å². The summed E-state index contributed by atoms with van der Waals surface area (Å²) >= 11 is 0. The lowest BCUT2D eigenvalue weighted by atomic mass is 9.93. The van der Waals surface area contributed by atoms with E-state index < -0.39 is 18.1 Å². The lowest BCUT2D eigenvalue weighted by Crippen LogP contribution is -2.50. The Balaban J connectivity index is 2.40. The third-order valence-electron chi connectivity index (χ3n) is 2.76. The summed E-state index contributed by atoms with van der Waals surface area (Å²) in [5.41, 5.74) is 0. The van der Waals surface area contributed by atoms with Crippen LogP contribution in [0.2, 0.25) is 0 Å². The van der Waals surface area contributed by atoms with Crippen LogP contribution in [0.3, 0.4) is 0 Å². The van der Waals surface area contributed by atoms with Crippen molar-refractivity contribution in [3.05, 3.63) is 0 Å². The van der Waals surface area contributed by atoms with Crippen LogP contribution in [0.25, 0.3) is 0 Å². The second kappa shape index (κ2) is 5.69. The van der Waals surface area contributed by atoms with Gasteiger partial charge in [0.25, 0.3) is 0 Å². The van der Waals surface area contributed by atoms with E-state index in [1.807, 2.05) is 0 Å². The van der Waals surface area contributed by atoms with Crippen LogP contribution in [0.5, 0.6) is 0 Å². The molecule has 0 aromatic rings. The summed E-state index contributed by atoms with van der Waals surface area (Å²) in [6.45, 7) is -0.339. The molecule has 1 fully saturated rings. The topological polar surface area (TPSA) is 89.9 Å². The molecule has 0 radical (unpaired) electrons. The van der Waals surface area contributed by atoms with E-state index in [4.69, 9.17) is 5.11 Å². The van der Waals surface area contributed by atoms with E-state index in [-0.39, 0.29) is 12.6 Å². The third kappa shape index (κ3) is 3.69. The molecule has 1 saturated carbocycles. The number of amides is 2. The Kier molecular flexibility index (Phi) is 4.54. The highest BCUT2D eigenvalue weighted by atomic mass is 16.4. The van der Waals surface area contributed by atoms with Crippen molar-refractivity contribution >= 4 is 12.0 Å². The largest absolute Gasteiger partial charge is 0.480 e. The fraction of sp³-hybridized carbons (Fsp3) is 0.800. The highest BCUT2D eigenvalue weighted by Crippen LogP contribution is 2.18. The second-order valence-electron chi connectivity index (χ2n) is 4.16. The molecule has 1 rings (SSSR count). The Hall–Kier alpha value is -1.30. The lowest BCUT2D eigenvalue weighted by molar-refractivity contribution is -0.137. The van der Waals surface area contributed by atoms with Gasteiger partial charge in [-0.05, 0) is 12.8 Å². The number of urea groups is 1. The lowest BCUT2D eigenvalue weighted by Gasteiger charge is -2.29. The van der Waals surface area contributed by atoms with Crippen molar-refractivity contribution in [1.82, 2.24) is 10.2 Å². The SMILES string of the molecule is CN(CC(=O)O)C(=O)NC1CCCCC1O. The van der Waals surface area contributed by atoms with Gasteiger partial charge in [-0.1, -0.05) is 12.8 Å². The fourth-order valence-corrected chi connectivity index (χ4v) is 1.82. The molecule has 0 saturated heterocycles. The molecule has 2 atom stereocenters. The Morgan fingerprint density at radius 3 is 2.56 bits per heavy atom. The van der Waals surface area contributed by atoms with Gasteiger partial charge < -0.3 is 20.4 Å². The van der Waals surface area contributed by atoms with Crippen molar-refractivity contribution < 1.29 is 19.8 Å². The van der Waals surface area contributed by atoms with Crippen LogP contribution in [0.4, 0.5) is 4.79 Å². The van der Waals surface area contributed by atoms with Crippen molar-refractivity contribution in [1.29, 1.82) is 0 Å². The number of aliphatic carboxylic acids is 1. The molecule has 1 aliphatic carbocycles. The molecule has 0 aromatic carbocycles. The number of carboxylic acids is 1. The van der Waals surface area contributed by atoms with E-state index in [0.29, 0.717) is 6.42 Å². The normalized spacial score (nSPS) is 24.9.